The lowest BCUT2D eigenvalue weighted by Gasteiger charge is -2.08. The molecule has 1 aromatic carbocycles. The molecule has 0 radical (unpaired) electrons. The van der Waals surface area contributed by atoms with E-state index in [-0.39, 0.29) is 24.6 Å². The van der Waals surface area contributed by atoms with Crippen LogP contribution in [0.3, 0.4) is 0 Å². The van der Waals surface area contributed by atoms with Crippen LogP contribution in [0, 0.1) is 17.6 Å². The van der Waals surface area contributed by atoms with Gasteiger partial charge in [0.05, 0.1) is 18.7 Å². The summed E-state index contributed by atoms with van der Waals surface area (Å²) in [7, 11) is 0. The zero-order valence-corrected chi connectivity index (χ0v) is 10.5. The van der Waals surface area contributed by atoms with Gasteiger partial charge < -0.3 is 10.1 Å². The molecule has 0 fully saturated rings. The van der Waals surface area contributed by atoms with Crippen molar-refractivity contribution >= 4 is 11.6 Å². The molecule has 0 spiro atoms. The summed E-state index contributed by atoms with van der Waals surface area (Å²) in [5.41, 5.74) is -0.0229. The van der Waals surface area contributed by atoms with E-state index in [9.17, 15) is 13.6 Å². The van der Waals surface area contributed by atoms with E-state index in [0.29, 0.717) is 12.5 Å². The molecule has 0 saturated heterocycles. The number of carbonyl (C=O) groups is 1. The molecule has 18 heavy (non-hydrogen) atoms. The van der Waals surface area contributed by atoms with Crippen molar-refractivity contribution in [2.24, 2.45) is 5.92 Å². The molecule has 0 saturated carbocycles. The van der Waals surface area contributed by atoms with Gasteiger partial charge in [0.25, 0.3) is 0 Å². The highest BCUT2D eigenvalue weighted by atomic mass is 19.1. The van der Waals surface area contributed by atoms with Crippen LogP contribution in [-0.2, 0) is 9.53 Å². The number of carbonyl (C=O) groups excluding carboxylic acids is 1. The van der Waals surface area contributed by atoms with Gasteiger partial charge in [0.15, 0.2) is 0 Å². The predicted molar refractivity (Wildman–Crippen MR) is 65.3 cm³/mol. The van der Waals surface area contributed by atoms with Crippen molar-refractivity contribution in [1.82, 2.24) is 0 Å². The molecule has 1 rings (SSSR count). The zero-order chi connectivity index (χ0) is 13.5. The van der Waals surface area contributed by atoms with Crippen molar-refractivity contribution in [2.75, 3.05) is 18.5 Å². The van der Waals surface area contributed by atoms with Crippen molar-refractivity contribution in [3.63, 3.8) is 0 Å². The second kappa shape index (κ2) is 7.06. The van der Waals surface area contributed by atoms with Gasteiger partial charge in [0, 0.05) is 12.7 Å². The highest BCUT2D eigenvalue weighted by Gasteiger charge is 2.08. The number of halogens is 2. The number of anilines is 1. The number of amides is 1. The van der Waals surface area contributed by atoms with Crippen molar-refractivity contribution in [3.05, 3.63) is 29.8 Å². The molecule has 0 aliphatic rings. The van der Waals surface area contributed by atoms with E-state index in [2.05, 4.69) is 5.32 Å². The summed E-state index contributed by atoms with van der Waals surface area (Å²) in [4.78, 5) is 11.4. The van der Waals surface area contributed by atoms with Crippen molar-refractivity contribution in [1.29, 1.82) is 0 Å². The Bertz CT molecular complexity index is 408. The maximum atomic E-state index is 13.2. The summed E-state index contributed by atoms with van der Waals surface area (Å²) in [6.45, 7) is 4.88. The molecular formula is C13H17F2NO2. The smallest absolute Gasteiger partial charge is 0.226 e. The summed E-state index contributed by atoms with van der Waals surface area (Å²) in [5.74, 6) is -1.41. The minimum atomic E-state index is -0.786. The van der Waals surface area contributed by atoms with E-state index in [4.69, 9.17) is 4.74 Å². The van der Waals surface area contributed by atoms with Crippen molar-refractivity contribution < 1.29 is 18.3 Å². The molecular weight excluding hydrogens is 240 g/mol. The van der Waals surface area contributed by atoms with Gasteiger partial charge in [-0.25, -0.2) is 8.78 Å². The van der Waals surface area contributed by atoms with Crippen molar-refractivity contribution in [2.45, 2.75) is 20.3 Å². The largest absolute Gasteiger partial charge is 0.381 e. The van der Waals surface area contributed by atoms with E-state index in [1.165, 1.54) is 6.07 Å². The van der Waals surface area contributed by atoms with E-state index >= 15 is 0 Å². The van der Waals surface area contributed by atoms with Crippen LogP contribution in [0.1, 0.15) is 20.3 Å². The van der Waals surface area contributed by atoms with Gasteiger partial charge in [-0.15, -0.1) is 0 Å². The molecule has 0 aliphatic heterocycles. The molecule has 100 valence electrons. The maximum absolute atomic E-state index is 13.2. The zero-order valence-electron chi connectivity index (χ0n) is 10.5. The van der Waals surface area contributed by atoms with Crippen LogP contribution in [-0.4, -0.2) is 19.1 Å². The summed E-state index contributed by atoms with van der Waals surface area (Å²) in [6, 6.07) is 3.01. The average Bonchev–Trinajstić information content (AvgIpc) is 2.28. The van der Waals surface area contributed by atoms with Crippen molar-refractivity contribution in [3.8, 4) is 0 Å². The molecule has 1 aromatic rings. The lowest BCUT2D eigenvalue weighted by atomic mass is 10.2. The second-order valence-corrected chi connectivity index (χ2v) is 4.39. The summed E-state index contributed by atoms with van der Waals surface area (Å²) in [6.07, 6.45) is 0.142. The average molecular weight is 257 g/mol. The fraction of sp³-hybridized carbons (Fsp3) is 0.462. The number of benzene rings is 1. The van der Waals surface area contributed by atoms with Gasteiger partial charge in [0.2, 0.25) is 5.91 Å². The van der Waals surface area contributed by atoms with Crippen LogP contribution >= 0.6 is 0 Å². The van der Waals surface area contributed by atoms with Gasteiger partial charge in [-0.05, 0) is 18.1 Å². The highest BCUT2D eigenvalue weighted by Crippen LogP contribution is 2.14. The van der Waals surface area contributed by atoms with Gasteiger partial charge in [0.1, 0.15) is 11.6 Å². The molecule has 0 heterocycles. The maximum Gasteiger partial charge on any atom is 0.226 e. The number of rotatable bonds is 6. The number of nitrogens with one attached hydrogen (secondary N) is 1. The molecule has 1 N–H and O–H groups in total. The fourth-order valence-electron chi connectivity index (χ4n) is 1.29. The third-order valence-corrected chi connectivity index (χ3v) is 2.13. The Morgan fingerprint density at radius 1 is 1.39 bits per heavy atom. The molecule has 0 unspecified atom stereocenters. The first-order chi connectivity index (χ1) is 8.49. The summed E-state index contributed by atoms with van der Waals surface area (Å²) < 4.78 is 31.1. The van der Waals surface area contributed by atoms with E-state index in [0.717, 1.165) is 12.1 Å². The van der Waals surface area contributed by atoms with Crippen LogP contribution in [0.2, 0.25) is 0 Å². The summed E-state index contributed by atoms with van der Waals surface area (Å²) >= 11 is 0. The second-order valence-electron chi connectivity index (χ2n) is 4.39. The Morgan fingerprint density at radius 3 is 2.72 bits per heavy atom. The van der Waals surface area contributed by atoms with Gasteiger partial charge >= 0.3 is 0 Å². The van der Waals surface area contributed by atoms with Crippen LogP contribution in [0.25, 0.3) is 0 Å². The Balaban J connectivity index is 2.35. The normalized spacial score (nSPS) is 10.7. The molecule has 0 aliphatic carbocycles. The number of ether oxygens (including phenoxy) is 1. The Hall–Kier alpha value is -1.49. The summed E-state index contributed by atoms with van der Waals surface area (Å²) in [5, 5.41) is 2.36. The number of hydrogen-bond acceptors (Lipinski definition) is 2. The quantitative estimate of drug-likeness (QED) is 0.796. The van der Waals surface area contributed by atoms with Crippen LogP contribution in [0.15, 0.2) is 18.2 Å². The topological polar surface area (TPSA) is 38.3 Å². The molecule has 0 bridgehead atoms. The fourth-order valence-corrected chi connectivity index (χ4v) is 1.29. The highest BCUT2D eigenvalue weighted by molar-refractivity contribution is 5.90. The lowest BCUT2D eigenvalue weighted by molar-refractivity contribution is -0.117. The first-order valence-corrected chi connectivity index (χ1v) is 5.81. The first-order valence-electron chi connectivity index (χ1n) is 5.81. The minimum absolute atomic E-state index is 0.0229. The van der Waals surface area contributed by atoms with E-state index in [1.54, 1.807) is 0 Å². The molecule has 5 heteroatoms. The monoisotopic (exact) mass is 257 g/mol. The van der Waals surface area contributed by atoms with E-state index in [1.807, 2.05) is 13.8 Å². The minimum Gasteiger partial charge on any atom is -0.381 e. The van der Waals surface area contributed by atoms with E-state index < -0.39 is 11.6 Å². The lowest BCUT2D eigenvalue weighted by Crippen LogP contribution is -2.16. The third-order valence-electron chi connectivity index (χ3n) is 2.13. The van der Waals surface area contributed by atoms with Gasteiger partial charge in [-0.3, -0.25) is 4.79 Å². The molecule has 0 atom stereocenters. The molecule has 3 nitrogen and oxygen atoms in total. The van der Waals surface area contributed by atoms with Crippen LogP contribution in [0.4, 0.5) is 14.5 Å². The first kappa shape index (κ1) is 14.6. The van der Waals surface area contributed by atoms with Crippen LogP contribution in [0.5, 0.6) is 0 Å². The molecule has 0 aromatic heterocycles. The Labute approximate surface area is 105 Å². The predicted octanol–water partition coefficient (Wildman–Crippen LogP) is 2.97. The Morgan fingerprint density at radius 2 is 2.11 bits per heavy atom. The van der Waals surface area contributed by atoms with Gasteiger partial charge in [-0.1, -0.05) is 13.8 Å². The molecule has 1 amide bonds. The third kappa shape index (κ3) is 5.23. The van der Waals surface area contributed by atoms with Crippen LogP contribution < -0.4 is 5.32 Å². The number of hydrogen-bond donors (Lipinski definition) is 1. The Kier molecular flexibility index (Phi) is 5.71. The van der Waals surface area contributed by atoms with Gasteiger partial charge in [-0.2, -0.15) is 0 Å². The standard InChI is InChI=1S/C13H17F2NO2/c1-9(2)8-18-6-5-13(17)16-12-4-3-10(14)7-11(12)15/h3-4,7,9H,5-6,8H2,1-2H3,(H,16,17). The SMILES string of the molecule is CC(C)COCCC(=O)Nc1ccc(F)cc1F.